The fraction of sp³-hybridized carbons (Fsp3) is 0.444. The number of carbonyl (C=O) groups is 3. The first-order chi connectivity index (χ1) is 7.60. The molecule has 0 aliphatic rings. The molecule has 2 radical (unpaired) electrons. The molecule has 2 amide bonds. The largest absolute Gasteiger partial charge is 0.487 e. The fourth-order valence-electron chi connectivity index (χ4n) is 0.658. The molecule has 0 heterocycles. The average Bonchev–Trinajstić information content (AvgIpc) is 2.24. The molecule has 0 fully saturated rings. The zero-order valence-electron chi connectivity index (χ0n) is 10.3. The summed E-state index contributed by atoms with van der Waals surface area (Å²) in [6.07, 6.45) is 0. The molecule has 98 valence electrons. The second-order valence-corrected chi connectivity index (χ2v) is 2.41. The first-order valence-corrected chi connectivity index (χ1v) is 4.67. The van der Waals surface area contributed by atoms with Gasteiger partial charge in [0.2, 0.25) is 0 Å². The van der Waals surface area contributed by atoms with Crippen molar-refractivity contribution >= 4 is 18.0 Å². The number of esters is 2. The van der Waals surface area contributed by atoms with Crippen LogP contribution in [0.3, 0.4) is 0 Å². The van der Waals surface area contributed by atoms with Gasteiger partial charge in [-0.15, -0.1) is 0 Å². The number of hydrogen-bond acceptors (Lipinski definition) is 5. The summed E-state index contributed by atoms with van der Waals surface area (Å²) in [6, 6.07) is -0.735. The van der Waals surface area contributed by atoms with Crippen molar-refractivity contribution in [3.05, 3.63) is 13.1 Å². The van der Waals surface area contributed by atoms with E-state index < -0.39 is 18.0 Å². The Labute approximate surface area is 172 Å². The standard InChI is InChI=1S/C9H14N2O5.2Pr/c1-3-15-7(12)5-10-9(14)11-6-8(13)16-4-2;;/h5-6H,3-4H2,1-2H3,(H2,10,11,14);;/q-2;;. The van der Waals surface area contributed by atoms with E-state index in [1.165, 1.54) is 0 Å². The van der Waals surface area contributed by atoms with E-state index in [9.17, 15) is 14.4 Å². The van der Waals surface area contributed by atoms with Crippen LogP contribution in [-0.4, -0.2) is 31.2 Å². The van der Waals surface area contributed by atoms with E-state index in [1.807, 2.05) is 0 Å². The fourth-order valence-corrected chi connectivity index (χ4v) is 0.658. The van der Waals surface area contributed by atoms with Crippen molar-refractivity contribution in [3.8, 4) is 0 Å². The maximum atomic E-state index is 11.0. The summed E-state index contributed by atoms with van der Waals surface area (Å²) in [5.74, 6) is -1.34. The Bertz CT molecular complexity index is 239. The SMILES string of the molecule is CCOC(=O)[CH-]NC(=O)N[CH-]C(=O)OCC.[Pr].[Pr]. The van der Waals surface area contributed by atoms with E-state index in [0.29, 0.717) is 0 Å². The van der Waals surface area contributed by atoms with Crippen LogP contribution in [0.25, 0.3) is 0 Å². The Balaban J connectivity index is -0.00000112. The molecule has 0 saturated carbocycles. The summed E-state index contributed by atoms with van der Waals surface area (Å²) in [4.78, 5) is 32.5. The summed E-state index contributed by atoms with van der Waals surface area (Å²) < 4.78 is 9.04. The van der Waals surface area contributed by atoms with E-state index in [4.69, 9.17) is 0 Å². The van der Waals surface area contributed by atoms with Gasteiger partial charge in [-0.05, 0) is 13.8 Å². The van der Waals surface area contributed by atoms with Crippen LogP contribution in [0.4, 0.5) is 4.79 Å². The monoisotopic (exact) mass is 512 g/mol. The number of ether oxygens (including phenoxy) is 2. The molecule has 0 aromatic rings. The van der Waals surface area contributed by atoms with Crippen LogP contribution in [0.2, 0.25) is 0 Å². The molecule has 0 saturated heterocycles. The number of urea groups is 1. The first-order valence-electron chi connectivity index (χ1n) is 4.67. The molecular formula is C9H14N2O5Pr2-2. The van der Waals surface area contributed by atoms with Crippen molar-refractivity contribution in [2.24, 2.45) is 0 Å². The summed E-state index contributed by atoms with van der Waals surface area (Å²) >= 11 is 0. The number of hydrogen-bond donors (Lipinski definition) is 2. The van der Waals surface area contributed by atoms with E-state index in [2.05, 4.69) is 20.1 Å². The molecule has 0 spiro atoms. The summed E-state index contributed by atoms with van der Waals surface area (Å²) in [5, 5.41) is 4.15. The third-order valence-electron chi connectivity index (χ3n) is 1.22. The Kier molecular flexibility index (Phi) is 20.8. The van der Waals surface area contributed by atoms with Crippen molar-refractivity contribution in [1.29, 1.82) is 0 Å². The molecule has 0 rings (SSSR count). The van der Waals surface area contributed by atoms with Gasteiger partial charge in [0.1, 0.15) is 0 Å². The zero-order valence-corrected chi connectivity index (χ0v) is 17.7. The molecule has 7 nitrogen and oxygen atoms in total. The van der Waals surface area contributed by atoms with E-state index in [1.54, 1.807) is 13.8 Å². The summed E-state index contributed by atoms with van der Waals surface area (Å²) in [5.41, 5.74) is 0. The smallest absolute Gasteiger partial charge is 0.262 e. The number of carbonyl (C=O) groups excluding carboxylic acids is 3. The third-order valence-corrected chi connectivity index (χ3v) is 1.22. The van der Waals surface area contributed by atoms with Crippen LogP contribution in [0.1, 0.15) is 13.8 Å². The summed E-state index contributed by atoms with van der Waals surface area (Å²) in [6.45, 7) is 5.40. The van der Waals surface area contributed by atoms with Gasteiger partial charge in [-0.1, -0.05) is 0 Å². The van der Waals surface area contributed by atoms with Crippen molar-refractivity contribution < 1.29 is 106 Å². The van der Waals surface area contributed by atoms with Crippen molar-refractivity contribution in [1.82, 2.24) is 10.6 Å². The number of rotatable bonds is 6. The maximum Gasteiger partial charge on any atom is 0.262 e. The molecular weight excluding hydrogens is 498 g/mol. The van der Waals surface area contributed by atoms with Gasteiger partial charge in [0.05, 0.1) is 13.2 Å². The summed E-state index contributed by atoms with van der Waals surface area (Å²) in [7, 11) is 0. The Morgan fingerprint density at radius 2 is 1.22 bits per heavy atom. The van der Waals surface area contributed by atoms with Gasteiger partial charge in [-0.25, -0.2) is 0 Å². The molecule has 0 aliphatic carbocycles. The van der Waals surface area contributed by atoms with Crippen LogP contribution in [0.15, 0.2) is 0 Å². The van der Waals surface area contributed by atoms with Gasteiger partial charge in [0.25, 0.3) is 6.03 Å². The van der Waals surface area contributed by atoms with Gasteiger partial charge in [-0.3, -0.25) is 14.4 Å². The Morgan fingerprint density at radius 3 is 1.50 bits per heavy atom. The van der Waals surface area contributed by atoms with Gasteiger partial charge in [0.15, 0.2) is 11.9 Å². The van der Waals surface area contributed by atoms with Crippen molar-refractivity contribution in [2.75, 3.05) is 13.2 Å². The van der Waals surface area contributed by atoms with E-state index >= 15 is 0 Å². The van der Waals surface area contributed by atoms with Gasteiger partial charge in [0, 0.05) is 82.6 Å². The predicted octanol–water partition coefficient (Wildman–Crippen LogP) is -0.265. The molecule has 18 heavy (non-hydrogen) atoms. The molecule has 2 N–H and O–H groups in total. The topological polar surface area (TPSA) is 93.7 Å². The average molecular weight is 512 g/mol. The van der Waals surface area contributed by atoms with Crippen molar-refractivity contribution in [3.63, 3.8) is 0 Å². The first kappa shape index (κ1) is 23.7. The molecule has 0 aromatic carbocycles. The second kappa shape index (κ2) is 15.7. The number of nitrogens with one attached hydrogen (secondary N) is 2. The molecule has 0 bridgehead atoms. The van der Waals surface area contributed by atoms with Crippen LogP contribution >= 0.6 is 0 Å². The molecule has 0 aromatic heterocycles. The Hall–Kier alpha value is 0.677. The van der Waals surface area contributed by atoms with Gasteiger partial charge in [-0.2, -0.15) is 13.1 Å². The minimum atomic E-state index is -0.735. The maximum absolute atomic E-state index is 11.0. The zero-order chi connectivity index (χ0) is 12.4. The minimum absolute atomic E-state index is 0. The molecule has 0 atom stereocenters. The van der Waals surface area contributed by atoms with Crippen molar-refractivity contribution in [2.45, 2.75) is 13.8 Å². The quantitative estimate of drug-likeness (QED) is 0.378. The van der Waals surface area contributed by atoms with Crippen LogP contribution in [-0.2, 0) is 19.1 Å². The third kappa shape index (κ3) is 14.7. The van der Waals surface area contributed by atoms with E-state index in [-0.39, 0.29) is 95.8 Å². The van der Waals surface area contributed by atoms with Gasteiger partial charge >= 0.3 is 0 Å². The van der Waals surface area contributed by atoms with Crippen LogP contribution in [0.5, 0.6) is 0 Å². The second-order valence-electron chi connectivity index (χ2n) is 2.41. The van der Waals surface area contributed by atoms with Crippen LogP contribution in [0, 0.1) is 95.7 Å². The molecule has 0 aliphatic heterocycles. The van der Waals surface area contributed by atoms with Crippen LogP contribution < -0.4 is 10.6 Å². The predicted molar refractivity (Wildman–Crippen MR) is 53.5 cm³/mol. The molecule has 0 unspecified atom stereocenters. The normalized spacial score (nSPS) is 7.67. The Morgan fingerprint density at radius 1 is 0.889 bits per heavy atom. The van der Waals surface area contributed by atoms with Gasteiger partial charge < -0.3 is 20.1 Å². The minimum Gasteiger partial charge on any atom is -0.487 e. The number of amides is 2. The molecule has 9 heteroatoms. The van der Waals surface area contributed by atoms with E-state index in [0.717, 1.165) is 13.1 Å².